The van der Waals surface area contributed by atoms with Gasteiger partial charge in [-0.15, -0.1) is 13.2 Å². The maximum atomic E-state index is 12.3. The topological polar surface area (TPSA) is 79.4 Å². The normalized spacial score (nSPS) is 18.7. The average molecular weight is 451 g/mol. The predicted octanol–water partition coefficient (Wildman–Crippen LogP) is 3.83. The monoisotopic (exact) mass is 451 g/mol. The highest BCUT2D eigenvalue weighted by Crippen LogP contribution is 2.24. The zero-order valence-corrected chi connectivity index (χ0v) is 18.4. The first kappa shape index (κ1) is 23.6. The first-order valence-electron chi connectivity index (χ1n) is 10.5. The summed E-state index contributed by atoms with van der Waals surface area (Å²) < 4.78 is 40.5. The lowest BCUT2D eigenvalue weighted by Crippen LogP contribution is -2.40. The van der Waals surface area contributed by atoms with E-state index in [1.165, 1.54) is 24.3 Å². The molecule has 0 unspecified atom stereocenters. The summed E-state index contributed by atoms with van der Waals surface area (Å²) in [5.74, 6) is 1.90. The molecule has 0 aliphatic heterocycles. The number of rotatable bonds is 7. The number of benzene rings is 1. The first-order valence-corrected chi connectivity index (χ1v) is 10.5. The molecular weight excluding hydrogens is 423 g/mol. The second kappa shape index (κ2) is 10.1. The molecule has 1 aromatic carbocycles. The van der Waals surface area contributed by atoms with Crippen molar-refractivity contribution in [1.82, 2.24) is 15.3 Å². The maximum absolute atomic E-state index is 12.3. The molecule has 0 radical (unpaired) electrons. The van der Waals surface area contributed by atoms with Crippen molar-refractivity contribution in [3.8, 4) is 5.75 Å². The van der Waals surface area contributed by atoms with Gasteiger partial charge in [0, 0.05) is 32.2 Å². The van der Waals surface area contributed by atoms with Crippen molar-refractivity contribution in [2.45, 2.75) is 57.5 Å². The largest absolute Gasteiger partial charge is 0.573 e. The smallest absolute Gasteiger partial charge is 0.406 e. The van der Waals surface area contributed by atoms with Crippen LogP contribution in [0.2, 0.25) is 0 Å². The van der Waals surface area contributed by atoms with Gasteiger partial charge in [0.25, 0.3) is 0 Å². The standard InChI is InChI=1S/C22H28F3N5O2/c1-14-26-19(13-20(27-14)30(2)3)28-16-6-8-17(9-7-16)29-21(31)12-15-4-10-18(11-5-15)32-22(23,24)25/h4-5,10-11,13,16-17H,6-9,12H2,1-3H3,(H,29,31)(H,26,27,28). The molecule has 3 rings (SSSR count). The third-order valence-corrected chi connectivity index (χ3v) is 5.25. The van der Waals surface area contributed by atoms with Gasteiger partial charge in [0.15, 0.2) is 0 Å². The number of alkyl halides is 3. The molecule has 7 nitrogen and oxygen atoms in total. The molecular formula is C22H28F3N5O2. The number of anilines is 2. The summed E-state index contributed by atoms with van der Waals surface area (Å²) in [6, 6.07) is 7.63. The summed E-state index contributed by atoms with van der Waals surface area (Å²) in [4.78, 5) is 23.1. The van der Waals surface area contributed by atoms with E-state index in [-0.39, 0.29) is 30.2 Å². The zero-order chi connectivity index (χ0) is 23.3. The van der Waals surface area contributed by atoms with Gasteiger partial charge in [-0.3, -0.25) is 4.79 Å². The minimum Gasteiger partial charge on any atom is -0.406 e. The fourth-order valence-electron chi connectivity index (χ4n) is 3.72. The number of amides is 1. The van der Waals surface area contributed by atoms with Gasteiger partial charge in [-0.05, 0) is 50.3 Å². The summed E-state index contributed by atoms with van der Waals surface area (Å²) in [5, 5.41) is 6.50. The molecule has 32 heavy (non-hydrogen) atoms. The minimum atomic E-state index is -4.73. The second-order valence-electron chi connectivity index (χ2n) is 8.18. The van der Waals surface area contributed by atoms with Gasteiger partial charge in [0.2, 0.25) is 5.91 Å². The fourth-order valence-corrected chi connectivity index (χ4v) is 3.72. The second-order valence-corrected chi connectivity index (χ2v) is 8.18. The number of hydrogen-bond acceptors (Lipinski definition) is 6. The summed E-state index contributed by atoms with van der Waals surface area (Å²) >= 11 is 0. The molecule has 1 aliphatic carbocycles. The molecule has 174 valence electrons. The molecule has 0 atom stereocenters. The van der Waals surface area contributed by atoms with Gasteiger partial charge in [-0.2, -0.15) is 0 Å². The lowest BCUT2D eigenvalue weighted by Gasteiger charge is -2.30. The third kappa shape index (κ3) is 7.28. The van der Waals surface area contributed by atoms with Crippen LogP contribution in [-0.2, 0) is 11.2 Å². The van der Waals surface area contributed by atoms with Crippen molar-refractivity contribution in [2.75, 3.05) is 24.3 Å². The van der Waals surface area contributed by atoms with Crippen LogP contribution in [0.25, 0.3) is 0 Å². The Bertz CT molecular complexity index is 911. The molecule has 1 aromatic heterocycles. The number of carbonyl (C=O) groups is 1. The number of nitrogens with one attached hydrogen (secondary N) is 2. The van der Waals surface area contributed by atoms with Gasteiger partial charge < -0.3 is 20.3 Å². The van der Waals surface area contributed by atoms with Gasteiger partial charge >= 0.3 is 6.36 Å². The average Bonchev–Trinajstić information content (AvgIpc) is 2.69. The van der Waals surface area contributed by atoms with Crippen LogP contribution in [0.4, 0.5) is 24.8 Å². The number of carbonyl (C=O) groups excluding carboxylic acids is 1. The number of nitrogens with zero attached hydrogens (tertiary/aromatic N) is 3. The van der Waals surface area contributed by atoms with Crippen LogP contribution in [0.5, 0.6) is 5.75 Å². The Morgan fingerprint density at radius 3 is 2.31 bits per heavy atom. The van der Waals surface area contributed by atoms with Crippen LogP contribution in [-0.4, -0.2) is 48.4 Å². The van der Waals surface area contributed by atoms with Gasteiger partial charge in [-0.1, -0.05) is 12.1 Å². The number of hydrogen-bond donors (Lipinski definition) is 2. The van der Waals surface area contributed by atoms with Crippen molar-refractivity contribution in [2.24, 2.45) is 0 Å². The molecule has 1 saturated carbocycles. The Labute approximate surface area is 185 Å². The van der Waals surface area contributed by atoms with Crippen molar-refractivity contribution >= 4 is 17.5 Å². The summed E-state index contributed by atoms with van der Waals surface area (Å²) in [7, 11) is 3.87. The summed E-state index contributed by atoms with van der Waals surface area (Å²) in [5.41, 5.74) is 0.628. The fraction of sp³-hybridized carbons (Fsp3) is 0.500. The molecule has 1 heterocycles. The van der Waals surface area contributed by atoms with E-state index in [2.05, 4.69) is 25.3 Å². The molecule has 1 amide bonds. The summed E-state index contributed by atoms with van der Waals surface area (Å²) in [6.45, 7) is 1.86. The minimum absolute atomic E-state index is 0.0813. The Morgan fingerprint density at radius 2 is 1.72 bits per heavy atom. The Kier molecular flexibility index (Phi) is 7.42. The van der Waals surface area contributed by atoms with Gasteiger partial charge in [0.05, 0.1) is 6.42 Å². The first-order chi connectivity index (χ1) is 15.1. The summed E-state index contributed by atoms with van der Waals surface area (Å²) in [6.07, 6.45) is -1.15. The molecule has 2 aromatic rings. The van der Waals surface area contributed by atoms with Gasteiger partial charge in [-0.25, -0.2) is 9.97 Å². The number of aromatic nitrogens is 2. The molecule has 1 fully saturated rings. The van der Waals surface area contributed by atoms with E-state index in [4.69, 9.17) is 0 Å². The van der Waals surface area contributed by atoms with E-state index in [1.807, 2.05) is 32.0 Å². The van der Waals surface area contributed by atoms with E-state index in [0.717, 1.165) is 37.3 Å². The van der Waals surface area contributed by atoms with E-state index in [0.29, 0.717) is 11.4 Å². The van der Waals surface area contributed by atoms with Crippen LogP contribution in [0.1, 0.15) is 37.1 Å². The number of aryl methyl sites for hydroxylation is 1. The van der Waals surface area contributed by atoms with Gasteiger partial charge in [0.1, 0.15) is 23.2 Å². The number of halogens is 3. The molecule has 10 heteroatoms. The number of ether oxygens (including phenoxy) is 1. The highest BCUT2D eigenvalue weighted by atomic mass is 19.4. The van der Waals surface area contributed by atoms with E-state index >= 15 is 0 Å². The van der Waals surface area contributed by atoms with Crippen molar-refractivity contribution in [3.63, 3.8) is 0 Å². The molecule has 1 aliphatic rings. The van der Waals surface area contributed by atoms with Crippen LogP contribution in [0.15, 0.2) is 30.3 Å². The van der Waals surface area contributed by atoms with E-state index in [9.17, 15) is 18.0 Å². The quantitative estimate of drug-likeness (QED) is 0.666. The van der Waals surface area contributed by atoms with Crippen LogP contribution in [0.3, 0.4) is 0 Å². The SMILES string of the molecule is Cc1nc(NC2CCC(NC(=O)Cc3ccc(OC(F)(F)F)cc3)CC2)cc(N(C)C)n1. The van der Waals surface area contributed by atoms with Crippen LogP contribution < -0.4 is 20.3 Å². The highest BCUT2D eigenvalue weighted by molar-refractivity contribution is 5.78. The zero-order valence-electron chi connectivity index (χ0n) is 18.4. The van der Waals surface area contributed by atoms with Crippen molar-refractivity contribution in [1.29, 1.82) is 0 Å². The van der Waals surface area contributed by atoms with Crippen LogP contribution >= 0.6 is 0 Å². The van der Waals surface area contributed by atoms with Crippen molar-refractivity contribution in [3.05, 3.63) is 41.7 Å². The van der Waals surface area contributed by atoms with Crippen molar-refractivity contribution < 1.29 is 22.7 Å². The maximum Gasteiger partial charge on any atom is 0.573 e. The predicted molar refractivity (Wildman–Crippen MR) is 116 cm³/mol. The Hall–Kier alpha value is -3.04. The molecule has 0 bridgehead atoms. The third-order valence-electron chi connectivity index (χ3n) is 5.25. The highest BCUT2D eigenvalue weighted by Gasteiger charge is 2.31. The molecule has 0 spiro atoms. The Morgan fingerprint density at radius 1 is 1.09 bits per heavy atom. The van der Waals surface area contributed by atoms with E-state index < -0.39 is 6.36 Å². The lowest BCUT2D eigenvalue weighted by atomic mass is 9.91. The van der Waals surface area contributed by atoms with E-state index in [1.54, 1.807) is 0 Å². The van der Waals surface area contributed by atoms with Crippen LogP contribution in [0, 0.1) is 6.92 Å². The molecule has 0 saturated heterocycles. The lowest BCUT2D eigenvalue weighted by molar-refractivity contribution is -0.274. The Balaban J connectivity index is 1.44. The molecule has 2 N–H and O–H groups in total.